The Bertz CT molecular complexity index is 2250. The van der Waals surface area contributed by atoms with E-state index in [1.807, 2.05) is 22.1 Å². The molecule has 54 heavy (non-hydrogen) atoms. The van der Waals surface area contributed by atoms with E-state index in [9.17, 15) is 23.1 Å². The van der Waals surface area contributed by atoms with Crippen LogP contribution in [-0.4, -0.2) is 94.0 Å². The van der Waals surface area contributed by atoms with Crippen LogP contribution in [0.4, 0.5) is 0 Å². The fourth-order valence-electron chi connectivity index (χ4n) is 7.17. The first-order valence-electron chi connectivity index (χ1n) is 17.9. The second-order valence-electron chi connectivity index (χ2n) is 13.6. The molecule has 0 aliphatic carbocycles. The van der Waals surface area contributed by atoms with Crippen LogP contribution >= 0.6 is 0 Å². The van der Waals surface area contributed by atoms with Crippen LogP contribution in [0.15, 0.2) is 58.1 Å². The molecule has 6 heterocycles. The summed E-state index contributed by atoms with van der Waals surface area (Å²) in [6.07, 6.45) is 2.16. The van der Waals surface area contributed by atoms with Gasteiger partial charge in [-0.2, -0.15) is 8.42 Å². The van der Waals surface area contributed by atoms with Crippen molar-refractivity contribution in [2.24, 2.45) is 0 Å². The molecule has 4 aliphatic rings. The molecule has 0 radical (unpaired) electrons. The van der Waals surface area contributed by atoms with Gasteiger partial charge in [-0.15, -0.1) is 0 Å². The van der Waals surface area contributed by atoms with E-state index in [4.69, 9.17) is 32.6 Å². The van der Waals surface area contributed by atoms with Crippen molar-refractivity contribution in [1.82, 2.24) is 9.13 Å². The molecule has 14 nitrogen and oxygen atoms in total. The summed E-state index contributed by atoms with van der Waals surface area (Å²) >= 11 is 0. The van der Waals surface area contributed by atoms with Gasteiger partial charge >= 0.3 is 10.1 Å². The zero-order valence-corrected chi connectivity index (χ0v) is 31.3. The van der Waals surface area contributed by atoms with Crippen molar-refractivity contribution < 1.29 is 46.1 Å². The van der Waals surface area contributed by atoms with Crippen molar-refractivity contribution in [1.29, 1.82) is 0 Å². The molecule has 2 fully saturated rings. The number of phenols is 1. The average molecular weight is 765 g/mol. The zero-order valence-electron chi connectivity index (χ0n) is 30.5. The van der Waals surface area contributed by atoms with E-state index < -0.39 is 10.1 Å². The maximum atomic E-state index is 12.6. The number of aryl methyl sites for hydroxylation is 2. The van der Waals surface area contributed by atoms with Crippen molar-refractivity contribution in [3.63, 3.8) is 0 Å². The Morgan fingerprint density at radius 1 is 0.722 bits per heavy atom. The molecule has 1 N–H and O–H groups in total. The lowest BCUT2D eigenvalue weighted by molar-refractivity contribution is -0.102. The molecule has 15 heteroatoms. The molecule has 2 aromatic heterocycles. The first kappa shape index (κ1) is 37.6. The Morgan fingerprint density at radius 3 is 1.70 bits per heavy atom. The first-order chi connectivity index (χ1) is 25.9. The number of nitrogens with zero attached hydrogens (tertiary/aromatic N) is 2. The highest BCUT2D eigenvalue weighted by Gasteiger charge is 2.26. The molecule has 0 unspecified atom stereocenters. The van der Waals surface area contributed by atoms with Gasteiger partial charge in [0.2, 0.25) is 0 Å². The zero-order chi connectivity index (χ0) is 38.0. The number of aromatic nitrogens is 2. The van der Waals surface area contributed by atoms with Gasteiger partial charge in [0.15, 0.2) is 22.6 Å². The highest BCUT2D eigenvalue weighted by atomic mass is 32.2. The molecule has 4 aliphatic heterocycles. The van der Waals surface area contributed by atoms with E-state index >= 15 is 0 Å². The summed E-state index contributed by atoms with van der Waals surface area (Å²) in [5.41, 5.74) is 6.60. The summed E-state index contributed by atoms with van der Waals surface area (Å²) in [4.78, 5) is 25.0. The van der Waals surface area contributed by atoms with Crippen molar-refractivity contribution in [2.45, 2.75) is 52.0 Å². The summed E-state index contributed by atoms with van der Waals surface area (Å²) in [5.74, 6) is 1.56. The SMILES string of the molecule is Cc1c2n(c(OC[C@@H]3COCCO3)cc1=O)CCc1cc(O)ccc1-2.Cc1c2n(c(OC[C@@H]3COCCO3)cc1=O)CCc1cc(OS(C)(=O)=O)ccc1-2. The number of hydrogen-bond acceptors (Lipinski definition) is 12. The van der Waals surface area contributed by atoms with Crippen molar-refractivity contribution >= 4 is 10.1 Å². The number of rotatable bonds is 8. The van der Waals surface area contributed by atoms with Crippen molar-refractivity contribution in [3.05, 3.63) is 91.2 Å². The lowest BCUT2D eigenvalue weighted by Crippen LogP contribution is -2.34. The van der Waals surface area contributed by atoms with Crippen LogP contribution in [0.2, 0.25) is 0 Å². The maximum absolute atomic E-state index is 12.6. The molecule has 4 aromatic rings. The van der Waals surface area contributed by atoms with Gasteiger partial charge in [0.25, 0.3) is 0 Å². The second kappa shape index (κ2) is 16.0. The predicted molar refractivity (Wildman–Crippen MR) is 198 cm³/mol. The monoisotopic (exact) mass is 764 g/mol. The predicted octanol–water partition coefficient (Wildman–Crippen LogP) is 3.39. The van der Waals surface area contributed by atoms with Gasteiger partial charge in [-0.1, -0.05) is 0 Å². The Balaban J connectivity index is 0.000000168. The number of pyridine rings is 2. The molecule has 8 rings (SSSR count). The molecule has 0 bridgehead atoms. The Morgan fingerprint density at radius 2 is 1.22 bits per heavy atom. The summed E-state index contributed by atoms with van der Waals surface area (Å²) in [5, 5.41) is 9.72. The summed E-state index contributed by atoms with van der Waals surface area (Å²) in [6.45, 7) is 8.83. The average Bonchev–Trinajstić information content (AvgIpc) is 3.16. The van der Waals surface area contributed by atoms with Gasteiger partial charge < -0.3 is 46.8 Å². The van der Waals surface area contributed by atoms with E-state index in [0.29, 0.717) is 95.3 Å². The highest BCUT2D eigenvalue weighted by Crippen LogP contribution is 2.37. The third-order valence-corrected chi connectivity index (χ3v) is 10.3. The third-order valence-electron chi connectivity index (χ3n) is 9.77. The van der Waals surface area contributed by atoms with E-state index in [2.05, 4.69) is 0 Å². The Hall–Kier alpha value is -4.67. The summed E-state index contributed by atoms with van der Waals surface area (Å²) < 4.78 is 65.7. The van der Waals surface area contributed by atoms with Crippen LogP contribution in [0.1, 0.15) is 22.3 Å². The number of fused-ring (bicyclic) bond motifs is 6. The lowest BCUT2D eigenvalue weighted by atomic mass is 9.94. The van der Waals surface area contributed by atoms with Crippen LogP contribution in [0, 0.1) is 13.8 Å². The van der Waals surface area contributed by atoms with E-state index in [0.717, 1.165) is 46.3 Å². The van der Waals surface area contributed by atoms with E-state index in [1.165, 1.54) is 6.07 Å². The number of ether oxygens (including phenoxy) is 6. The van der Waals surface area contributed by atoms with Crippen LogP contribution < -0.4 is 24.5 Å². The topological polar surface area (TPSA) is 163 Å². The van der Waals surface area contributed by atoms with Crippen LogP contribution in [0.3, 0.4) is 0 Å². The minimum absolute atomic E-state index is 0.0528. The quantitative estimate of drug-likeness (QED) is 0.261. The molecular formula is C39H44N2O12S. The van der Waals surface area contributed by atoms with Gasteiger partial charge in [0.1, 0.15) is 36.9 Å². The molecule has 2 atom stereocenters. The standard InChI is InChI=1S/C20H23NO7S.C19H21NO5/c1-13-18(22)10-19(27-12-16-11-25-7-8-26-16)21-6-5-14-9-15(28-29(2,23)24)3-4-17(14)20(13)21;1-12-17(22)9-18(25-11-15-10-23-6-7-24-15)20-5-4-13-8-14(21)2-3-16(13)19(12)20/h3-4,9-10,16H,5-8,11-12H2,1-2H3;2-3,8-9,15,21H,4-7,10-11H2,1H3/t16-;15-/m00/s1. The number of hydrogen-bond donors (Lipinski definition) is 1. The molecule has 0 saturated carbocycles. The van der Waals surface area contributed by atoms with Gasteiger partial charge in [-0.3, -0.25) is 9.59 Å². The number of phenolic OH excluding ortho intramolecular Hbond substituents is 1. The summed E-state index contributed by atoms with van der Waals surface area (Å²) in [7, 11) is -3.60. The van der Waals surface area contributed by atoms with E-state index in [1.54, 1.807) is 43.3 Å². The minimum Gasteiger partial charge on any atom is -0.508 e. The van der Waals surface area contributed by atoms with Gasteiger partial charge in [0, 0.05) is 47.5 Å². The molecule has 2 saturated heterocycles. The minimum atomic E-state index is -3.60. The first-order valence-corrected chi connectivity index (χ1v) is 19.7. The molecule has 0 amide bonds. The Kier molecular flexibility index (Phi) is 11.1. The highest BCUT2D eigenvalue weighted by molar-refractivity contribution is 7.86. The number of aromatic hydroxyl groups is 1. The van der Waals surface area contributed by atoms with Gasteiger partial charge in [0.05, 0.1) is 57.3 Å². The largest absolute Gasteiger partial charge is 0.508 e. The van der Waals surface area contributed by atoms with E-state index in [-0.39, 0.29) is 34.6 Å². The second-order valence-corrected chi connectivity index (χ2v) is 15.2. The van der Waals surface area contributed by atoms with Gasteiger partial charge in [-0.05, 0) is 74.2 Å². The fraction of sp³-hybridized carbons (Fsp3) is 0.436. The van der Waals surface area contributed by atoms with Crippen molar-refractivity contribution in [2.75, 3.05) is 59.1 Å². The normalized spacial score (nSPS) is 18.9. The fourth-order valence-corrected chi connectivity index (χ4v) is 7.63. The Labute approximate surface area is 312 Å². The maximum Gasteiger partial charge on any atom is 0.306 e. The summed E-state index contributed by atoms with van der Waals surface area (Å²) in [6, 6.07) is 13.4. The number of benzene rings is 2. The lowest BCUT2D eigenvalue weighted by Gasteiger charge is -2.28. The van der Waals surface area contributed by atoms with Crippen molar-refractivity contribution in [3.8, 4) is 45.8 Å². The van der Waals surface area contributed by atoms with Gasteiger partial charge in [-0.25, -0.2) is 0 Å². The molecule has 0 spiro atoms. The smallest absolute Gasteiger partial charge is 0.306 e. The molecule has 2 aromatic carbocycles. The third kappa shape index (κ3) is 8.35. The van der Waals surface area contributed by atoms with Crippen LogP contribution in [-0.2, 0) is 55.0 Å². The van der Waals surface area contributed by atoms with Crippen LogP contribution in [0.25, 0.3) is 22.5 Å². The van der Waals surface area contributed by atoms with Crippen LogP contribution in [0.5, 0.6) is 23.3 Å². The molecule has 288 valence electrons. The molecular weight excluding hydrogens is 720 g/mol.